The van der Waals surface area contributed by atoms with E-state index in [2.05, 4.69) is 15.3 Å². The van der Waals surface area contributed by atoms with Gasteiger partial charge in [0.25, 0.3) is 0 Å². The van der Waals surface area contributed by atoms with Crippen LogP contribution >= 0.6 is 23.2 Å². The van der Waals surface area contributed by atoms with Crippen molar-refractivity contribution in [3.8, 4) is 5.75 Å². The number of hydrogen-bond acceptors (Lipinski definition) is 4. The highest BCUT2D eigenvalue weighted by Crippen LogP contribution is 2.24. The second-order valence-corrected chi connectivity index (χ2v) is 6.06. The van der Waals surface area contributed by atoms with Crippen molar-refractivity contribution in [1.82, 2.24) is 4.98 Å². The van der Waals surface area contributed by atoms with Crippen LogP contribution in [0.25, 0.3) is 10.9 Å². The number of phenols is 1. The number of nitrogens with zero attached hydrogens (tertiary/aromatic N) is 2. The maximum Gasteiger partial charge on any atom is 0.124 e. The molecule has 0 radical (unpaired) electrons. The highest BCUT2D eigenvalue weighted by Gasteiger charge is 2.02. The van der Waals surface area contributed by atoms with Crippen LogP contribution in [0.1, 0.15) is 5.56 Å². The molecule has 3 aromatic rings. The van der Waals surface area contributed by atoms with Gasteiger partial charge in [0, 0.05) is 45.6 Å². The van der Waals surface area contributed by atoms with E-state index in [-0.39, 0.29) is 5.75 Å². The van der Waals surface area contributed by atoms with Crippen molar-refractivity contribution >= 4 is 46.0 Å². The number of hydrogen-bond donors (Lipinski definition) is 2. The van der Waals surface area contributed by atoms with Crippen LogP contribution in [0.15, 0.2) is 53.7 Å². The molecule has 0 fully saturated rings. The summed E-state index contributed by atoms with van der Waals surface area (Å²) in [5, 5.41) is 15.3. The lowest BCUT2D eigenvalue weighted by Crippen LogP contribution is -2.05. The van der Waals surface area contributed by atoms with E-state index in [0.717, 1.165) is 16.6 Å². The first kappa shape index (κ1) is 16.6. The van der Waals surface area contributed by atoms with Crippen molar-refractivity contribution < 1.29 is 5.11 Å². The van der Waals surface area contributed by atoms with E-state index in [0.29, 0.717) is 28.7 Å². The number of aromatic hydroxyl groups is 1. The van der Waals surface area contributed by atoms with Gasteiger partial charge in [-0.15, -0.1) is 0 Å². The van der Waals surface area contributed by atoms with E-state index in [1.165, 1.54) is 0 Å². The molecule has 0 amide bonds. The minimum Gasteiger partial charge on any atom is -0.507 e. The molecule has 24 heavy (non-hydrogen) atoms. The van der Waals surface area contributed by atoms with Crippen molar-refractivity contribution in [2.24, 2.45) is 4.99 Å². The standard InChI is InChI=1S/C18H15Cl2N3O/c19-13-2-4-18(24)12(9-13)11-21-7-8-23-16-5-6-22-17-10-14(20)1-3-15(16)17/h1-6,9-11,24H,7-8H2,(H,22,23). The Morgan fingerprint density at radius 1 is 1.08 bits per heavy atom. The number of anilines is 1. The molecule has 0 saturated heterocycles. The van der Waals surface area contributed by atoms with Gasteiger partial charge in [0.05, 0.1) is 12.1 Å². The molecule has 0 saturated carbocycles. The minimum absolute atomic E-state index is 0.160. The molecule has 122 valence electrons. The van der Waals surface area contributed by atoms with Crippen molar-refractivity contribution in [2.75, 3.05) is 18.4 Å². The van der Waals surface area contributed by atoms with Crippen LogP contribution in [-0.4, -0.2) is 29.4 Å². The Balaban J connectivity index is 1.63. The summed E-state index contributed by atoms with van der Waals surface area (Å²) in [5.74, 6) is 0.160. The fourth-order valence-electron chi connectivity index (χ4n) is 2.32. The summed E-state index contributed by atoms with van der Waals surface area (Å²) >= 11 is 11.9. The van der Waals surface area contributed by atoms with E-state index in [9.17, 15) is 5.11 Å². The Kier molecular flexibility index (Phi) is 5.18. The first-order valence-electron chi connectivity index (χ1n) is 7.40. The molecular weight excluding hydrogens is 345 g/mol. The van der Waals surface area contributed by atoms with Gasteiger partial charge in [0.2, 0.25) is 0 Å². The monoisotopic (exact) mass is 359 g/mol. The number of aromatic nitrogens is 1. The Bertz CT molecular complexity index is 897. The molecular formula is C18H15Cl2N3O. The molecule has 0 aliphatic heterocycles. The van der Waals surface area contributed by atoms with Crippen LogP contribution in [0.4, 0.5) is 5.69 Å². The summed E-state index contributed by atoms with van der Waals surface area (Å²) in [4.78, 5) is 8.62. The predicted octanol–water partition coefficient (Wildman–Crippen LogP) is 4.78. The molecule has 0 atom stereocenters. The van der Waals surface area contributed by atoms with Gasteiger partial charge in [-0.2, -0.15) is 0 Å². The van der Waals surface area contributed by atoms with Gasteiger partial charge in [-0.05, 0) is 42.5 Å². The molecule has 0 aliphatic rings. The third-order valence-corrected chi connectivity index (χ3v) is 3.95. The van der Waals surface area contributed by atoms with Crippen LogP contribution in [0, 0.1) is 0 Å². The summed E-state index contributed by atoms with van der Waals surface area (Å²) < 4.78 is 0. The third-order valence-electron chi connectivity index (χ3n) is 3.48. The van der Waals surface area contributed by atoms with Gasteiger partial charge in [-0.1, -0.05) is 23.2 Å². The quantitative estimate of drug-likeness (QED) is 0.509. The molecule has 0 bridgehead atoms. The number of nitrogens with one attached hydrogen (secondary N) is 1. The Morgan fingerprint density at radius 2 is 1.88 bits per heavy atom. The Hall–Kier alpha value is -2.30. The Labute approximate surface area is 149 Å². The van der Waals surface area contributed by atoms with Gasteiger partial charge >= 0.3 is 0 Å². The van der Waals surface area contributed by atoms with Crippen molar-refractivity contribution in [1.29, 1.82) is 0 Å². The lowest BCUT2D eigenvalue weighted by atomic mass is 10.2. The van der Waals surface area contributed by atoms with E-state index in [1.807, 2.05) is 24.3 Å². The topological polar surface area (TPSA) is 57.5 Å². The van der Waals surface area contributed by atoms with Gasteiger partial charge in [0.1, 0.15) is 5.75 Å². The maximum atomic E-state index is 9.73. The van der Waals surface area contributed by atoms with E-state index in [1.54, 1.807) is 30.6 Å². The summed E-state index contributed by atoms with van der Waals surface area (Å²) in [6, 6.07) is 12.4. The van der Waals surface area contributed by atoms with Crippen molar-refractivity contribution in [2.45, 2.75) is 0 Å². The molecule has 1 heterocycles. The average Bonchev–Trinajstić information content (AvgIpc) is 2.57. The molecule has 4 nitrogen and oxygen atoms in total. The number of halogens is 2. The van der Waals surface area contributed by atoms with Gasteiger partial charge < -0.3 is 10.4 Å². The van der Waals surface area contributed by atoms with E-state index >= 15 is 0 Å². The van der Waals surface area contributed by atoms with E-state index in [4.69, 9.17) is 23.2 Å². The average molecular weight is 360 g/mol. The molecule has 0 aliphatic carbocycles. The molecule has 1 aromatic heterocycles. The molecule has 6 heteroatoms. The summed E-state index contributed by atoms with van der Waals surface area (Å²) in [6.45, 7) is 1.21. The predicted molar refractivity (Wildman–Crippen MR) is 101 cm³/mol. The first-order valence-corrected chi connectivity index (χ1v) is 8.15. The van der Waals surface area contributed by atoms with Crippen LogP contribution in [0.3, 0.4) is 0 Å². The van der Waals surface area contributed by atoms with Crippen LogP contribution in [0.5, 0.6) is 5.75 Å². The zero-order chi connectivity index (χ0) is 16.9. The second kappa shape index (κ2) is 7.51. The number of aliphatic imine (C=N–C) groups is 1. The largest absolute Gasteiger partial charge is 0.507 e. The molecule has 2 aromatic carbocycles. The first-order chi connectivity index (χ1) is 11.6. The highest BCUT2D eigenvalue weighted by molar-refractivity contribution is 6.31. The fraction of sp³-hybridized carbons (Fsp3) is 0.111. The fourth-order valence-corrected chi connectivity index (χ4v) is 2.67. The smallest absolute Gasteiger partial charge is 0.124 e. The highest BCUT2D eigenvalue weighted by atomic mass is 35.5. The van der Waals surface area contributed by atoms with Gasteiger partial charge in [-0.25, -0.2) is 0 Å². The zero-order valence-electron chi connectivity index (χ0n) is 12.7. The second-order valence-electron chi connectivity index (χ2n) is 5.19. The van der Waals surface area contributed by atoms with E-state index < -0.39 is 0 Å². The molecule has 0 unspecified atom stereocenters. The molecule has 3 rings (SSSR count). The third kappa shape index (κ3) is 3.96. The molecule has 2 N–H and O–H groups in total. The summed E-state index contributed by atoms with van der Waals surface area (Å²) in [5.41, 5.74) is 2.43. The van der Waals surface area contributed by atoms with Crippen LogP contribution in [-0.2, 0) is 0 Å². The van der Waals surface area contributed by atoms with Crippen LogP contribution < -0.4 is 5.32 Å². The number of fused-ring (bicyclic) bond motifs is 1. The van der Waals surface area contributed by atoms with Gasteiger partial charge in [0.15, 0.2) is 0 Å². The zero-order valence-corrected chi connectivity index (χ0v) is 14.2. The van der Waals surface area contributed by atoms with Gasteiger partial charge in [-0.3, -0.25) is 9.98 Å². The summed E-state index contributed by atoms with van der Waals surface area (Å²) in [7, 11) is 0. The van der Waals surface area contributed by atoms with Crippen LogP contribution in [0.2, 0.25) is 10.0 Å². The number of rotatable bonds is 5. The molecule has 0 spiro atoms. The number of phenolic OH excluding ortho intramolecular Hbond substituents is 1. The lowest BCUT2D eigenvalue weighted by Gasteiger charge is -2.08. The minimum atomic E-state index is 0.160. The lowest BCUT2D eigenvalue weighted by molar-refractivity contribution is 0.474. The SMILES string of the molecule is Oc1ccc(Cl)cc1C=NCCNc1ccnc2cc(Cl)ccc12. The number of benzene rings is 2. The maximum absolute atomic E-state index is 9.73. The van der Waals surface area contributed by atoms with Crippen molar-refractivity contribution in [3.05, 3.63) is 64.3 Å². The Morgan fingerprint density at radius 3 is 2.75 bits per heavy atom. The van der Waals surface area contributed by atoms with Crippen molar-refractivity contribution in [3.63, 3.8) is 0 Å². The number of pyridine rings is 1. The normalized spacial score (nSPS) is 11.2. The summed E-state index contributed by atoms with van der Waals surface area (Å²) in [6.07, 6.45) is 3.36.